The Morgan fingerprint density at radius 3 is 2.79 bits per heavy atom. The van der Waals surface area contributed by atoms with E-state index in [0.29, 0.717) is 17.8 Å². The molecule has 24 heavy (non-hydrogen) atoms. The first-order valence-corrected chi connectivity index (χ1v) is 9.14. The van der Waals surface area contributed by atoms with Crippen molar-refractivity contribution >= 4 is 11.7 Å². The number of methoxy groups -OCH3 is 1. The zero-order valence-corrected chi connectivity index (χ0v) is 14.4. The molecule has 6 heteroatoms. The molecule has 130 valence electrons. The summed E-state index contributed by atoms with van der Waals surface area (Å²) in [4.78, 5) is 26.2. The molecule has 3 fully saturated rings. The van der Waals surface area contributed by atoms with Gasteiger partial charge in [0.05, 0.1) is 12.5 Å². The Hall–Kier alpha value is -1.85. The summed E-state index contributed by atoms with van der Waals surface area (Å²) < 4.78 is 5.20. The monoisotopic (exact) mass is 330 g/mol. The molecule has 3 heterocycles. The maximum Gasteiger partial charge on any atom is 0.230 e. The van der Waals surface area contributed by atoms with E-state index in [4.69, 9.17) is 4.74 Å². The Bertz CT molecular complexity index is 617. The number of hydrogen-bond acceptors (Lipinski definition) is 5. The van der Waals surface area contributed by atoms with Gasteiger partial charge in [-0.15, -0.1) is 0 Å². The van der Waals surface area contributed by atoms with Crippen LogP contribution in [0.4, 0.5) is 5.82 Å². The van der Waals surface area contributed by atoms with Crippen LogP contribution < -0.4 is 9.64 Å². The van der Waals surface area contributed by atoms with Gasteiger partial charge in [-0.25, -0.2) is 9.97 Å². The SMILES string of the molecule is COc1cc(N2CC[C@@]3(CCCN(C4CCCC4)C3=O)C2)ncn1. The van der Waals surface area contributed by atoms with Crippen molar-refractivity contribution in [2.24, 2.45) is 5.41 Å². The molecule has 0 bridgehead atoms. The minimum atomic E-state index is -0.209. The molecular weight excluding hydrogens is 304 g/mol. The highest BCUT2D eigenvalue weighted by Crippen LogP contribution is 2.43. The minimum Gasteiger partial charge on any atom is -0.481 e. The summed E-state index contributed by atoms with van der Waals surface area (Å²) in [5, 5.41) is 0. The molecular formula is C18H26N4O2. The number of nitrogens with zero attached hydrogens (tertiary/aromatic N) is 4. The number of carbonyl (C=O) groups is 1. The second-order valence-corrected chi connectivity index (χ2v) is 7.41. The highest BCUT2D eigenvalue weighted by molar-refractivity contribution is 5.85. The fraction of sp³-hybridized carbons (Fsp3) is 0.722. The van der Waals surface area contributed by atoms with E-state index in [-0.39, 0.29) is 5.41 Å². The predicted molar refractivity (Wildman–Crippen MR) is 91.1 cm³/mol. The smallest absolute Gasteiger partial charge is 0.230 e. The lowest BCUT2D eigenvalue weighted by molar-refractivity contribution is -0.147. The fourth-order valence-electron chi connectivity index (χ4n) is 4.73. The van der Waals surface area contributed by atoms with Crippen LogP contribution in [0, 0.1) is 5.41 Å². The van der Waals surface area contributed by atoms with Gasteiger partial charge in [-0.2, -0.15) is 0 Å². The van der Waals surface area contributed by atoms with Crippen LogP contribution in [-0.4, -0.2) is 53.6 Å². The molecule has 2 saturated heterocycles. The molecule has 0 radical (unpaired) electrons. The Kier molecular flexibility index (Phi) is 4.06. The van der Waals surface area contributed by atoms with Gasteiger partial charge >= 0.3 is 0 Å². The Morgan fingerprint density at radius 1 is 1.17 bits per heavy atom. The van der Waals surface area contributed by atoms with Crippen molar-refractivity contribution in [2.75, 3.05) is 31.6 Å². The van der Waals surface area contributed by atoms with Crippen LogP contribution in [0.5, 0.6) is 5.88 Å². The van der Waals surface area contributed by atoms with Crippen molar-refractivity contribution in [3.63, 3.8) is 0 Å². The summed E-state index contributed by atoms with van der Waals surface area (Å²) >= 11 is 0. The molecule has 1 amide bonds. The molecule has 1 saturated carbocycles. The van der Waals surface area contributed by atoms with Crippen LogP contribution in [0.1, 0.15) is 44.9 Å². The van der Waals surface area contributed by atoms with E-state index < -0.39 is 0 Å². The number of carbonyl (C=O) groups excluding carboxylic acids is 1. The van der Waals surface area contributed by atoms with E-state index in [1.165, 1.54) is 32.0 Å². The topological polar surface area (TPSA) is 58.6 Å². The predicted octanol–water partition coefficient (Wildman–Crippen LogP) is 2.25. The maximum absolute atomic E-state index is 13.3. The van der Waals surface area contributed by atoms with Gasteiger partial charge in [0.2, 0.25) is 11.8 Å². The largest absolute Gasteiger partial charge is 0.481 e. The molecule has 1 spiro atoms. The van der Waals surface area contributed by atoms with Crippen LogP contribution in [-0.2, 0) is 4.79 Å². The molecule has 6 nitrogen and oxygen atoms in total. The lowest BCUT2D eigenvalue weighted by atomic mass is 9.77. The minimum absolute atomic E-state index is 0.209. The van der Waals surface area contributed by atoms with Crippen molar-refractivity contribution in [3.05, 3.63) is 12.4 Å². The Morgan fingerprint density at radius 2 is 2.00 bits per heavy atom. The van der Waals surface area contributed by atoms with Crippen LogP contribution in [0.25, 0.3) is 0 Å². The van der Waals surface area contributed by atoms with Gasteiger partial charge in [0.1, 0.15) is 12.1 Å². The van der Waals surface area contributed by atoms with E-state index in [1.807, 2.05) is 6.07 Å². The Labute approximate surface area is 143 Å². The summed E-state index contributed by atoms with van der Waals surface area (Å²) in [6.45, 7) is 2.60. The van der Waals surface area contributed by atoms with Crippen molar-refractivity contribution in [1.82, 2.24) is 14.9 Å². The van der Waals surface area contributed by atoms with E-state index in [2.05, 4.69) is 19.8 Å². The van der Waals surface area contributed by atoms with Crippen molar-refractivity contribution < 1.29 is 9.53 Å². The third kappa shape index (κ3) is 2.62. The number of hydrogen-bond donors (Lipinski definition) is 0. The van der Waals surface area contributed by atoms with Gasteiger partial charge in [0, 0.05) is 31.7 Å². The lowest BCUT2D eigenvalue weighted by Gasteiger charge is -2.42. The average Bonchev–Trinajstić information content (AvgIpc) is 3.28. The van der Waals surface area contributed by atoms with Crippen molar-refractivity contribution in [1.29, 1.82) is 0 Å². The zero-order valence-electron chi connectivity index (χ0n) is 14.4. The van der Waals surface area contributed by atoms with Gasteiger partial charge in [0.25, 0.3) is 0 Å². The van der Waals surface area contributed by atoms with E-state index in [0.717, 1.165) is 44.7 Å². The molecule has 1 atom stereocenters. The van der Waals surface area contributed by atoms with Gasteiger partial charge in [-0.05, 0) is 32.1 Å². The average molecular weight is 330 g/mol. The number of anilines is 1. The molecule has 0 unspecified atom stereocenters. The molecule has 4 rings (SSSR count). The van der Waals surface area contributed by atoms with Crippen molar-refractivity contribution in [2.45, 2.75) is 51.0 Å². The normalized spacial score (nSPS) is 28.1. The number of amides is 1. The molecule has 2 aliphatic heterocycles. The first-order chi connectivity index (χ1) is 11.7. The van der Waals surface area contributed by atoms with E-state index >= 15 is 0 Å². The molecule has 1 aromatic heterocycles. The molecule has 1 aromatic rings. The van der Waals surface area contributed by atoms with E-state index in [9.17, 15) is 4.79 Å². The van der Waals surface area contributed by atoms with Crippen LogP contribution in [0.3, 0.4) is 0 Å². The van der Waals surface area contributed by atoms with Gasteiger partial charge < -0.3 is 14.5 Å². The first-order valence-electron chi connectivity index (χ1n) is 9.14. The molecule has 3 aliphatic rings. The molecule has 0 N–H and O–H groups in total. The maximum atomic E-state index is 13.3. The molecule has 0 aromatic carbocycles. The highest BCUT2D eigenvalue weighted by Gasteiger charge is 2.50. The fourth-order valence-corrected chi connectivity index (χ4v) is 4.73. The number of ether oxygens (including phenoxy) is 1. The number of likely N-dealkylation sites (tertiary alicyclic amines) is 1. The van der Waals surface area contributed by atoms with Gasteiger partial charge in [-0.3, -0.25) is 4.79 Å². The van der Waals surface area contributed by atoms with Crippen LogP contribution >= 0.6 is 0 Å². The summed E-state index contributed by atoms with van der Waals surface area (Å²) in [7, 11) is 1.61. The van der Waals surface area contributed by atoms with Gasteiger partial charge in [-0.1, -0.05) is 12.8 Å². The third-order valence-corrected chi connectivity index (χ3v) is 6.05. The second-order valence-electron chi connectivity index (χ2n) is 7.41. The van der Waals surface area contributed by atoms with Crippen molar-refractivity contribution in [3.8, 4) is 5.88 Å². The van der Waals surface area contributed by atoms with Crippen LogP contribution in [0.2, 0.25) is 0 Å². The van der Waals surface area contributed by atoms with E-state index in [1.54, 1.807) is 7.11 Å². The quantitative estimate of drug-likeness (QED) is 0.851. The zero-order chi connectivity index (χ0) is 16.6. The summed E-state index contributed by atoms with van der Waals surface area (Å²) in [5.41, 5.74) is -0.209. The Balaban J connectivity index is 1.52. The third-order valence-electron chi connectivity index (χ3n) is 6.05. The second kappa shape index (κ2) is 6.22. The van der Waals surface area contributed by atoms with Gasteiger partial charge in [0.15, 0.2) is 0 Å². The number of aromatic nitrogens is 2. The summed E-state index contributed by atoms with van der Waals surface area (Å²) in [6.07, 6.45) is 9.52. The number of piperidine rings is 1. The first kappa shape index (κ1) is 15.7. The summed E-state index contributed by atoms with van der Waals surface area (Å²) in [5.74, 6) is 1.83. The molecule has 1 aliphatic carbocycles. The standard InChI is InChI=1S/C18H26N4O2/c1-24-16-11-15(19-13-20-16)21-10-8-18(12-21)7-4-9-22(17(18)23)14-5-2-3-6-14/h11,13-14H,2-10,12H2,1H3/t18-/m0/s1. The number of rotatable bonds is 3. The summed E-state index contributed by atoms with van der Waals surface area (Å²) in [6, 6.07) is 2.35. The lowest BCUT2D eigenvalue weighted by Crippen LogP contribution is -2.53. The van der Waals surface area contributed by atoms with Crippen LogP contribution in [0.15, 0.2) is 12.4 Å². The highest BCUT2D eigenvalue weighted by atomic mass is 16.5.